The van der Waals surface area contributed by atoms with Gasteiger partial charge in [0.05, 0.1) is 0 Å². The van der Waals surface area contributed by atoms with E-state index in [1.165, 1.54) is 32.5 Å². The molecule has 1 aliphatic rings. The van der Waals surface area contributed by atoms with Crippen LogP contribution < -0.4 is 5.32 Å². The van der Waals surface area contributed by atoms with Crippen LogP contribution in [0.4, 0.5) is 0 Å². The Balaban J connectivity index is 2.43. The molecule has 1 rings (SSSR count). The van der Waals surface area contributed by atoms with E-state index < -0.39 is 0 Å². The van der Waals surface area contributed by atoms with Gasteiger partial charge in [0.15, 0.2) is 0 Å². The van der Waals surface area contributed by atoms with Crippen LogP contribution in [0.25, 0.3) is 0 Å². The molecule has 0 saturated carbocycles. The number of nitrogens with zero attached hydrogens (tertiary/aromatic N) is 1. The predicted octanol–water partition coefficient (Wildman–Crippen LogP) is 2.35. The zero-order chi connectivity index (χ0) is 11.5. The van der Waals surface area contributed by atoms with Gasteiger partial charge >= 0.3 is 0 Å². The number of nitrogens with one attached hydrogen (secondary N) is 1. The zero-order valence-electron chi connectivity index (χ0n) is 11.1. The van der Waals surface area contributed by atoms with Gasteiger partial charge in [-0.15, -0.1) is 0 Å². The van der Waals surface area contributed by atoms with Crippen molar-refractivity contribution in [3.63, 3.8) is 0 Å². The Labute approximate surface area is 95.4 Å². The Morgan fingerprint density at radius 3 is 2.47 bits per heavy atom. The van der Waals surface area contributed by atoms with Crippen molar-refractivity contribution in [2.75, 3.05) is 26.7 Å². The maximum Gasteiger partial charge on any atom is 0.0214 e. The van der Waals surface area contributed by atoms with Crippen molar-refractivity contribution in [1.82, 2.24) is 10.2 Å². The highest BCUT2D eigenvalue weighted by molar-refractivity contribution is 4.83. The molecule has 0 amide bonds. The van der Waals surface area contributed by atoms with Gasteiger partial charge in [-0.25, -0.2) is 0 Å². The summed E-state index contributed by atoms with van der Waals surface area (Å²) in [6.45, 7) is 13.1. The lowest BCUT2D eigenvalue weighted by atomic mass is 9.84. The second-order valence-electron chi connectivity index (χ2n) is 6.14. The molecule has 15 heavy (non-hydrogen) atoms. The van der Waals surface area contributed by atoms with Gasteiger partial charge in [0.25, 0.3) is 0 Å². The molecule has 1 unspecified atom stereocenters. The second kappa shape index (κ2) is 5.31. The van der Waals surface area contributed by atoms with E-state index in [1.54, 1.807) is 0 Å². The summed E-state index contributed by atoms with van der Waals surface area (Å²) in [5.41, 5.74) is 0.521. The number of piperidine rings is 1. The van der Waals surface area contributed by atoms with Crippen molar-refractivity contribution < 1.29 is 0 Å². The molecule has 2 nitrogen and oxygen atoms in total. The summed E-state index contributed by atoms with van der Waals surface area (Å²) in [7, 11) is 2.08. The monoisotopic (exact) mass is 212 g/mol. The maximum atomic E-state index is 3.43. The molecule has 0 aromatic rings. The molecule has 0 aromatic carbocycles. The van der Waals surface area contributed by atoms with Gasteiger partial charge in [-0.1, -0.05) is 27.7 Å². The smallest absolute Gasteiger partial charge is 0.0214 e. The second-order valence-corrected chi connectivity index (χ2v) is 6.14. The molecule has 0 bridgehead atoms. The molecule has 0 radical (unpaired) electrons. The van der Waals surface area contributed by atoms with E-state index in [2.05, 4.69) is 45.0 Å². The Morgan fingerprint density at radius 2 is 2.00 bits per heavy atom. The lowest BCUT2D eigenvalue weighted by molar-refractivity contribution is 0.102. The SMILES string of the molecule is CNC(CN1CCCC(C)(C)C1)C(C)C. The van der Waals surface area contributed by atoms with Crippen molar-refractivity contribution in [3.05, 3.63) is 0 Å². The van der Waals surface area contributed by atoms with Crippen LogP contribution in [0, 0.1) is 11.3 Å². The summed E-state index contributed by atoms with van der Waals surface area (Å²) in [5, 5.41) is 3.43. The van der Waals surface area contributed by atoms with Crippen molar-refractivity contribution in [1.29, 1.82) is 0 Å². The summed E-state index contributed by atoms with van der Waals surface area (Å²) >= 11 is 0. The first-order valence-electron chi connectivity index (χ1n) is 6.34. The molecular weight excluding hydrogens is 184 g/mol. The third-order valence-corrected chi connectivity index (χ3v) is 3.61. The minimum absolute atomic E-state index is 0.521. The van der Waals surface area contributed by atoms with E-state index in [9.17, 15) is 0 Å². The van der Waals surface area contributed by atoms with Crippen LogP contribution in [0.2, 0.25) is 0 Å². The number of rotatable bonds is 4. The average Bonchev–Trinajstić information content (AvgIpc) is 2.12. The highest BCUT2D eigenvalue weighted by atomic mass is 15.2. The molecule has 0 spiro atoms. The van der Waals surface area contributed by atoms with Crippen LogP contribution in [-0.4, -0.2) is 37.6 Å². The molecule has 1 atom stereocenters. The number of hydrogen-bond donors (Lipinski definition) is 1. The Hall–Kier alpha value is -0.0800. The normalized spacial score (nSPS) is 24.4. The van der Waals surface area contributed by atoms with Gasteiger partial charge in [-0.3, -0.25) is 0 Å². The van der Waals surface area contributed by atoms with Crippen LogP contribution in [0.3, 0.4) is 0 Å². The van der Waals surface area contributed by atoms with Crippen LogP contribution in [0.5, 0.6) is 0 Å². The third kappa shape index (κ3) is 4.12. The van der Waals surface area contributed by atoms with Crippen LogP contribution in [0.15, 0.2) is 0 Å². The summed E-state index contributed by atoms with van der Waals surface area (Å²) < 4.78 is 0. The molecule has 2 heteroatoms. The summed E-state index contributed by atoms with van der Waals surface area (Å²) in [4.78, 5) is 2.63. The fourth-order valence-electron chi connectivity index (χ4n) is 2.61. The maximum absolute atomic E-state index is 3.43. The Morgan fingerprint density at radius 1 is 1.33 bits per heavy atom. The van der Waals surface area contributed by atoms with Gasteiger partial charge in [0.2, 0.25) is 0 Å². The predicted molar refractivity (Wildman–Crippen MR) is 67.1 cm³/mol. The Kier molecular flexibility index (Phi) is 4.60. The zero-order valence-corrected chi connectivity index (χ0v) is 11.1. The third-order valence-electron chi connectivity index (χ3n) is 3.61. The first kappa shape index (κ1) is 13.0. The summed E-state index contributed by atoms with van der Waals surface area (Å²) in [6.07, 6.45) is 2.75. The molecule has 1 aliphatic heterocycles. The standard InChI is InChI=1S/C13H28N2/c1-11(2)12(14-5)9-15-8-6-7-13(3,4)10-15/h11-12,14H,6-10H2,1-5H3. The van der Waals surface area contributed by atoms with Crippen molar-refractivity contribution in [2.45, 2.75) is 46.6 Å². The Bertz CT molecular complexity index is 187. The minimum atomic E-state index is 0.521. The van der Waals surface area contributed by atoms with Crippen LogP contribution in [0.1, 0.15) is 40.5 Å². The van der Waals surface area contributed by atoms with Gasteiger partial charge in [-0.05, 0) is 37.8 Å². The van der Waals surface area contributed by atoms with E-state index in [4.69, 9.17) is 0 Å². The van der Waals surface area contributed by atoms with Gasteiger partial charge in [-0.2, -0.15) is 0 Å². The largest absolute Gasteiger partial charge is 0.315 e. The first-order chi connectivity index (χ1) is 6.94. The van der Waals surface area contributed by atoms with E-state index in [1.807, 2.05) is 0 Å². The van der Waals surface area contributed by atoms with E-state index >= 15 is 0 Å². The fraction of sp³-hybridized carbons (Fsp3) is 1.00. The van der Waals surface area contributed by atoms with Gasteiger partial charge in [0, 0.05) is 19.1 Å². The van der Waals surface area contributed by atoms with Crippen molar-refractivity contribution >= 4 is 0 Å². The van der Waals surface area contributed by atoms with Gasteiger partial charge < -0.3 is 10.2 Å². The average molecular weight is 212 g/mol. The molecule has 1 N–H and O–H groups in total. The van der Waals surface area contributed by atoms with Crippen molar-refractivity contribution in [3.8, 4) is 0 Å². The molecule has 0 aliphatic carbocycles. The van der Waals surface area contributed by atoms with E-state index in [-0.39, 0.29) is 0 Å². The number of hydrogen-bond acceptors (Lipinski definition) is 2. The number of likely N-dealkylation sites (N-methyl/N-ethyl adjacent to an activating group) is 1. The van der Waals surface area contributed by atoms with Crippen LogP contribution in [-0.2, 0) is 0 Å². The molecular formula is C13H28N2. The summed E-state index contributed by atoms with van der Waals surface area (Å²) in [6, 6.07) is 0.638. The topological polar surface area (TPSA) is 15.3 Å². The lowest BCUT2D eigenvalue weighted by Gasteiger charge is -2.40. The van der Waals surface area contributed by atoms with Crippen LogP contribution >= 0.6 is 0 Å². The lowest BCUT2D eigenvalue weighted by Crippen LogP contribution is -2.48. The summed E-state index contributed by atoms with van der Waals surface area (Å²) in [5.74, 6) is 0.722. The first-order valence-corrected chi connectivity index (χ1v) is 6.34. The fourth-order valence-corrected chi connectivity index (χ4v) is 2.61. The molecule has 90 valence electrons. The quantitative estimate of drug-likeness (QED) is 0.769. The van der Waals surface area contributed by atoms with Crippen molar-refractivity contribution in [2.24, 2.45) is 11.3 Å². The molecule has 1 saturated heterocycles. The number of likely N-dealkylation sites (tertiary alicyclic amines) is 1. The highest BCUT2D eigenvalue weighted by Gasteiger charge is 2.27. The van der Waals surface area contributed by atoms with E-state index in [0.717, 1.165) is 5.92 Å². The molecule has 0 aromatic heterocycles. The minimum Gasteiger partial charge on any atom is -0.315 e. The van der Waals surface area contributed by atoms with Gasteiger partial charge in [0.1, 0.15) is 0 Å². The molecule has 1 fully saturated rings. The molecule has 1 heterocycles. The highest BCUT2D eigenvalue weighted by Crippen LogP contribution is 2.28. The van der Waals surface area contributed by atoms with E-state index in [0.29, 0.717) is 11.5 Å².